The van der Waals surface area contributed by atoms with E-state index < -0.39 is 11.9 Å². The van der Waals surface area contributed by atoms with E-state index in [9.17, 15) is 9.18 Å². The topological polar surface area (TPSA) is 63.2 Å². The smallest absolute Gasteiger partial charge is 0.411 e. The number of aromatic nitrogens is 1. The summed E-state index contributed by atoms with van der Waals surface area (Å²) in [4.78, 5) is 16.5. The van der Waals surface area contributed by atoms with Crippen LogP contribution in [-0.2, 0) is 4.74 Å². The SMILES string of the molecule is Cc1csc(-c2ccc(F)cc2NC(=O)OCC2CCNCC2)n1. The number of amides is 1. The molecule has 0 unspecified atom stereocenters. The highest BCUT2D eigenvalue weighted by Gasteiger charge is 2.17. The lowest BCUT2D eigenvalue weighted by Crippen LogP contribution is -2.31. The van der Waals surface area contributed by atoms with Crippen LogP contribution in [0.5, 0.6) is 0 Å². The molecular formula is C17H20FN3O2S. The van der Waals surface area contributed by atoms with Gasteiger partial charge in [0.1, 0.15) is 10.8 Å². The van der Waals surface area contributed by atoms with Crippen molar-refractivity contribution in [1.29, 1.82) is 0 Å². The number of anilines is 1. The number of benzene rings is 1. The Bertz CT molecular complexity index is 714. The highest BCUT2D eigenvalue weighted by Crippen LogP contribution is 2.31. The second kappa shape index (κ2) is 7.72. The Balaban J connectivity index is 1.67. The number of carbonyl (C=O) groups is 1. The Kier molecular flexibility index (Phi) is 5.42. The van der Waals surface area contributed by atoms with Gasteiger partial charge in [-0.15, -0.1) is 11.3 Å². The lowest BCUT2D eigenvalue weighted by molar-refractivity contribution is 0.131. The fourth-order valence-electron chi connectivity index (χ4n) is 2.67. The van der Waals surface area contributed by atoms with Crippen molar-refractivity contribution >= 4 is 23.1 Å². The van der Waals surface area contributed by atoms with Crippen LogP contribution in [0.3, 0.4) is 0 Å². The quantitative estimate of drug-likeness (QED) is 0.881. The number of rotatable bonds is 4. The summed E-state index contributed by atoms with van der Waals surface area (Å²) < 4.78 is 18.9. The molecule has 5 nitrogen and oxygen atoms in total. The number of piperidine rings is 1. The van der Waals surface area contributed by atoms with Gasteiger partial charge in [-0.2, -0.15) is 0 Å². The van der Waals surface area contributed by atoms with E-state index in [-0.39, 0.29) is 0 Å². The van der Waals surface area contributed by atoms with E-state index in [0.29, 0.717) is 23.8 Å². The van der Waals surface area contributed by atoms with Gasteiger partial charge in [0.15, 0.2) is 0 Å². The van der Waals surface area contributed by atoms with Crippen LogP contribution in [0.4, 0.5) is 14.9 Å². The van der Waals surface area contributed by atoms with E-state index in [1.54, 1.807) is 6.07 Å². The minimum absolute atomic E-state index is 0.375. The molecule has 0 aliphatic carbocycles. The number of carbonyl (C=O) groups excluding carboxylic acids is 1. The van der Waals surface area contributed by atoms with Gasteiger partial charge in [-0.25, -0.2) is 14.2 Å². The summed E-state index contributed by atoms with van der Waals surface area (Å²) in [5, 5.41) is 8.57. The number of nitrogens with zero attached hydrogens (tertiary/aromatic N) is 1. The Morgan fingerprint density at radius 3 is 2.96 bits per heavy atom. The van der Waals surface area contributed by atoms with E-state index >= 15 is 0 Å². The van der Waals surface area contributed by atoms with Gasteiger partial charge in [-0.05, 0) is 57.0 Å². The average Bonchev–Trinajstić information content (AvgIpc) is 3.00. The van der Waals surface area contributed by atoms with Gasteiger partial charge in [-0.3, -0.25) is 5.32 Å². The molecule has 128 valence electrons. The van der Waals surface area contributed by atoms with Crippen molar-refractivity contribution in [2.45, 2.75) is 19.8 Å². The van der Waals surface area contributed by atoms with Crippen molar-refractivity contribution in [3.8, 4) is 10.6 Å². The molecule has 7 heteroatoms. The molecule has 0 radical (unpaired) electrons. The minimum Gasteiger partial charge on any atom is -0.449 e. The molecule has 1 aliphatic rings. The number of aryl methyl sites for hydroxylation is 1. The summed E-state index contributed by atoms with van der Waals surface area (Å²) in [6.07, 6.45) is 1.43. The first kappa shape index (κ1) is 16.9. The van der Waals surface area contributed by atoms with Gasteiger partial charge in [0.25, 0.3) is 0 Å². The van der Waals surface area contributed by atoms with E-state index in [1.807, 2.05) is 12.3 Å². The molecule has 0 saturated carbocycles. The predicted molar refractivity (Wildman–Crippen MR) is 92.8 cm³/mol. The zero-order valence-electron chi connectivity index (χ0n) is 13.5. The number of nitrogens with one attached hydrogen (secondary N) is 2. The standard InChI is InChI=1S/C17H20FN3O2S/c1-11-10-24-16(20-11)14-3-2-13(18)8-15(14)21-17(22)23-9-12-4-6-19-7-5-12/h2-3,8,10,12,19H,4-7,9H2,1H3,(H,21,22). The second-order valence-corrected chi connectivity index (χ2v) is 6.76. The molecule has 2 aromatic rings. The summed E-state index contributed by atoms with van der Waals surface area (Å²) in [5.41, 5.74) is 1.95. The lowest BCUT2D eigenvalue weighted by Gasteiger charge is -2.22. The van der Waals surface area contributed by atoms with E-state index in [4.69, 9.17) is 4.74 Å². The van der Waals surface area contributed by atoms with Crippen molar-refractivity contribution in [2.75, 3.05) is 25.0 Å². The second-order valence-electron chi connectivity index (χ2n) is 5.90. The van der Waals surface area contributed by atoms with Gasteiger partial charge in [0.05, 0.1) is 12.3 Å². The van der Waals surface area contributed by atoms with Crippen molar-refractivity contribution in [3.63, 3.8) is 0 Å². The van der Waals surface area contributed by atoms with E-state index in [1.165, 1.54) is 23.5 Å². The maximum absolute atomic E-state index is 13.6. The van der Waals surface area contributed by atoms with Gasteiger partial charge in [0.2, 0.25) is 0 Å². The van der Waals surface area contributed by atoms with Crippen LogP contribution in [0.25, 0.3) is 10.6 Å². The number of ether oxygens (including phenoxy) is 1. The molecule has 1 amide bonds. The summed E-state index contributed by atoms with van der Waals surface area (Å²) in [6.45, 7) is 4.18. The Hall–Kier alpha value is -1.99. The minimum atomic E-state index is -0.561. The first-order chi connectivity index (χ1) is 11.6. The van der Waals surface area contributed by atoms with E-state index in [2.05, 4.69) is 15.6 Å². The molecule has 0 bridgehead atoms. The predicted octanol–water partition coefficient (Wildman–Crippen LogP) is 3.81. The molecule has 0 atom stereocenters. The Morgan fingerprint density at radius 2 is 2.25 bits per heavy atom. The van der Waals surface area contributed by atoms with Gasteiger partial charge < -0.3 is 10.1 Å². The van der Waals surface area contributed by atoms with Crippen LogP contribution >= 0.6 is 11.3 Å². The third-order valence-electron chi connectivity index (χ3n) is 3.98. The third-order valence-corrected chi connectivity index (χ3v) is 4.97. The average molecular weight is 349 g/mol. The van der Waals surface area contributed by atoms with Crippen molar-refractivity contribution in [3.05, 3.63) is 35.1 Å². The zero-order chi connectivity index (χ0) is 16.9. The maximum Gasteiger partial charge on any atom is 0.411 e. The molecule has 1 saturated heterocycles. The maximum atomic E-state index is 13.6. The fraction of sp³-hybridized carbons (Fsp3) is 0.412. The first-order valence-corrected chi connectivity index (χ1v) is 8.86. The number of hydrogen-bond donors (Lipinski definition) is 2. The zero-order valence-corrected chi connectivity index (χ0v) is 14.3. The molecule has 2 heterocycles. The van der Waals surface area contributed by atoms with Gasteiger partial charge >= 0.3 is 6.09 Å². The van der Waals surface area contributed by atoms with Crippen molar-refractivity contribution in [1.82, 2.24) is 10.3 Å². The largest absolute Gasteiger partial charge is 0.449 e. The third kappa shape index (κ3) is 4.30. The van der Waals surface area contributed by atoms with Crippen LogP contribution in [0, 0.1) is 18.7 Å². The Labute approximate surface area is 144 Å². The van der Waals surface area contributed by atoms with Gasteiger partial charge in [-0.1, -0.05) is 0 Å². The molecular weight excluding hydrogens is 329 g/mol. The van der Waals surface area contributed by atoms with Crippen LogP contribution in [0.2, 0.25) is 0 Å². The summed E-state index contributed by atoms with van der Waals surface area (Å²) in [5.74, 6) is -0.0359. The van der Waals surface area contributed by atoms with Gasteiger partial charge in [0, 0.05) is 16.6 Å². The molecule has 1 aromatic carbocycles. The molecule has 1 aliphatic heterocycles. The first-order valence-electron chi connectivity index (χ1n) is 7.98. The number of hydrogen-bond acceptors (Lipinski definition) is 5. The molecule has 1 aromatic heterocycles. The Morgan fingerprint density at radius 1 is 1.46 bits per heavy atom. The normalized spacial score (nSPS) is 15.2. The summed E-state index contributed by atoms with van der Waals surface area (Å²) in [6, 6.07) is 4.27. The lowest BCUT2D eigenvalue weighted by atomic mass is 9.99. The van der Waals surface area contributed by atoms with Crippen LogP contribution in [0.15, 0.2) is 23.6 Å². The summed E-state index contributed by atoms with van der Waals surface area (Å²) in [7, 11) is 0. The molecule has 0 spiro atoms. The molecule has 2 N–H and O–H groups in total. The highest BCUT2D eigenvalue weighted by molar-refractivity contribution is 7.13. The molecule has 24 heavy (non-hydrogen) atoms. The molecule has 1 fully saturated rings. The van der Waals surface area contributed by atoms with Crippen LogP contribution in [0.1, 0.15) is 18.5 Å². The van der Waals surface area contributed by atoms with E-state index in [0.717, 1.165) is 36.6 Å². The van der Waals surface area contributed by atoms with Crippen LogP contribution < -0.4 is 10.6 Å². The van der Waals surface area contributed by atoms with Crippen molar-refractivity contribution < 1.29 is 13.9 Å². The number of halogens is 1. The number of thiazole rings is 1. The fourth-order valence-corrected chi connectivity index (χ4v) is 3.51. The molecule has 3 rings (SSSR count). The monoisotopic (exact) mass is 349 g/mol. The highest BCUT2D eigenvalue weighted by atomic mass is 32.1. The summed E-state index contributed by atoms with van der Waals surface area (Å²) >= 11 is 1.45. The van der Waals surface area contributed by atoms with Crippen molar-refractivity contribution in [2.24, 2.45) is 5.92 Å². The van der Waals surface area contributed by atoms with Crippen LogP contribution in [-0.4, -0.2) is 30.8 Å².